The van der Waals surface area contributed by atoms with Crippen molar-refractivity contribution in [1.29, 1.82) is 0 Å². The molecule has 1 amide bonds. The summed E-state index contributed by atoms with van der Waals surface area (Å²) in [6, 6.07) is 3.52. The van der Waals surface area contributed by atoms with Crippen molar-refractivity contribution >= 4 is 23.2 Å². The number of H-pyrrole nitrogens is 1. The molecule has 3 atom stereocenters. The minimum Gasteiger partial charge on any atom is -0.441 e. The Bertz CT molecular complexity index is 1180. The quantitative estimate of drug-likeness (QED) is 0.494. The van der Waals surface area contributed by atoms with Crippen LogP contribution in [0, 0.1) is 5.92 Å². The average Bonchev–Trinajstić information content (AvgIpc) is 3.44. The second kappa shape index (κ2) is 7.66. The highest BCUT2D eigenvalue weighted by Crippen LogP contribution is 2.57. The highest BCUT2D eigenvalue weighted by Gasteiger charge is 2.58. The number of alkyl halides is 1. The lowest BCUT2D eigenvalue weighted by Crippen LogP contribution is -2.68. The van der Waals surface area contributed by atoms with Gasteiger partial charge in [0, 0.05) is 31.1 Å². The van der Waals surface area contributed by atoms with Gasteiger partial charge in [0.25, 0.3) is 0 Å². The van der Waals surface area contributed by atoms with Gasteiger partial charge in [-0.3, -0.25) is 5.10 Å². The molecular weight excluding hydrogens is 433 g/mol. The van der Waals surface area contributed by atoms with Crippen LogP contribution in [-0.4, -0.2) is 62.4 Å². The Kier molecular flexibility index (Phi) is 4.73. The van der Waals surface area contributed by atoms with Crippen LogP contribution in [0.15, 0.2) is 24.5 Å². The summed E-state index contributed by atoms with van der Waals surface area (Å²) in [5.74, 6) is 1.72. The Labute approximate surface area is 188 Å². The van der Waals surface area contributed by atoms with Crippen molar-refractivity contribution in [2.45, 2.75) is 49.8 Å². The number of fused-ring (bicyclic) bond motifs is 1. The van der Waals surface area contributed by atoms with Crippen molar-refractivity contribution in [2.24, 2.45) is 5.92 Å². The van der Waals surface area contributed by atoms with Crippen molar-refractivity contribution in [1.82, 2.24) is 30.1 Å². The number of ether oxygens (including phenoxy) is 3. The van der Waals surface area contributed by atoms with E-state index in [2.05, 4.69) is 30.9 Å². The third-order valence-electron chi connectivity index (χ3n) is 6.63. The lowest BCUT2D eigenvalue weighted by Gasteiger charge is -2.61. The van der Waals surface area contributed by atoms with E-state index in [4.69, 9.17) is 14.2 Å². The van der Waals surface area contributed by atoms with Gasteiger partial charge < -0.3 is 24.8 Å². The van der Waals surface area contributed by atoms with Crippen LogP contribution in [0.3, 0.4) is 0 Å². The van der Waals surface area contributed by atoms with Gasteiger partial charge in [0.05, 0.1) is 24.6 Å². The summed E-state index contributed by atoms with van der Waals surface area (Å²) in [6.45, 7) is 0.364. The normalized spacial score (nSPS) is 30.0. The summed E-state index contributed by atoms with van der Waals surface area (Å²) in [5, 5.41) is 17.4. The monoisotopic (exact) mass is 457 g/mol. The van der Waals surface area contributed by atoms with Crippen LogP contribution in [-0.2, 0) is 20.8 Å². The molecule has 0 unspecified atom stereocenters. The minimum absolute atomic E-state index is 0.0182. The molecule has 3 aromatic rings. The Morgan fingerprint density at radius 1 is 1.39 bits per heavy atom. The molecule has 1 aliphatic heterocycles. The van der Waals surface area contributed by atoms with Crippen LogP contribution in [0.5, 0.6) is 0 Å². The number of nitrogens with one attached hydrogen (secondary N) is 3. The van der Waals surface area contributed by atoms with Crippen molar-refractivity contribution in [3.05, 3.63) is 35.9 Å². The molecule has 1 saturated heterocycles. The number of rotatable bonds is 7. The Balaban J connectivity index is 1.11. The van der Waals surface area contributed by atoms with Crippen molar-refractivity contribution in [2.75, 3.05) is 19.0 Å². The number of hydrogen-bond acceptors (Lipinski definition) is 8. The first-order chi connectivity index (χ1) is 16.0. The number of nitrogens with zero attached hydrogens (tertiary/aromatic N) is 4. The first kappa shape index (κ1) is 20.4. The summed E-state index contributed by atoms with van der Waals surface area (Å²) in [4.78, 5) is 16.5. The summed E-state index contributed by atoms with van der Waals surface area (Å²) >= 11 is 0. The molecule has 0 aromatic carbocycles. The van der Waals surface area contributed by atoms with Gasteiger partial charge in [-0.05, 0) is 31.2 Å². The molecule has 12 heteroatoms. The number of carbonyl (C=O) groups excluding carboxylic acids is 1. The predicted molar refractivity (Wildman–Crippen MR) is 113 cm³/mol. The standard InChI is InChI=1S/C21H24FN7O4/c1-31-9-12-4-14-19(23-2-3-29(14)28-12)24-16-5-13(26-27-16)18-17(22)15(10-32-18)33-20(30)25-21-6-11(7-21)8-21/h2-5,11,15,17-18H,6-10H2,1H3,(H,25,30)(H2,23,24,26,27)/t11?,15-,17-,18-,21?/m0/s1. The van der Waals surface area contributed by atoms with Crippen LogP contribution in [0.4, 0.5) is 20.8 Å². The van der Waals surface area contributed by atoms with Gasteiger partial charge in [-0.25, -0.2) is 18.7 Å². The molecule has 33 heavy (non-hydrogen) atoms. The van der Waals surface area contributed by atoms with E-state index in [0.29, 0.717) is 23.9 Å². The molecule has 3 aliphatic carbocycles. The van der Waals surface area contributed by atoms with E-state index < -0.39 is 24.5 Å². The molecule has 4 heterocycles. The zero-order chi connectivity index (χ0) is 22.6. The number of aromatic nitrogens is 5. The van der Waals surface area contributed by atoms with Gasteiger partial charge in [0.1, 0.15) is 11.6 Å². The van der Waals surface area contributed by atoms with Gasteiger partial charge in [-0.2, -0.15) is 10.2 Å². The van der Waals surface area contributed by atoms with E-state index in [9.17, 15) is 4.79 Å². The number of anilines is 2. The number of methoxy groups -OCH3 is 1. The third kappa shape index (κ3) is 3.59. The predicted octanol–water partition coefficient (Wildman–Crippen LogP) is 2.40. The van der Waals surface area contributed by atoms with Gasteiger partial charge >= 0.3 is 6.09 Å². The highest BCUT2D eigenvalue weighted by atomic mass is 19.1. The van der Waals surface area contributed by atoms with E-state index in [1.54, 1.807) is 30.1 Å². The topological polar surface area (TPSA) is 128 Å². The molecule has 3 N–H and O–H groups in total. The zero-order valence-electron chi connectivity index (χ0n) is 18.0. The molecule has 174 valence electrons. The maximum Gasteiger partial charge on any atom is 0.408 e. The third-order valence-corrected chi connectivity index (χ3v) is 6.63. The first-order valence-corrected chi connectivity index (χ1v) is 10.9. The number of alkyl carbamates (subject to hydrolysis) is 1. The number of aromatic amines is 1. The Morgan fingerprint density at radius 3 is 3.00 bits per heavy atom. The van der Waals surface area contributed by atoms with E-state index in [1.165, 1.54) is 0 Å². The average molecular weight is 457 g/mol. The van der Waals surface area contributed by atoms with Gasteiger partial charge in [-0.15, -0.1) is 0 Å². The summed E-state index contributed by atoms with van der Waals surface area (Å²) in [6.07, 6.45) is 2.36. The Morgan fingerprint density at radius 2 is 2.24 bits per heavy atom. The van der Waals surface area contributed by atoms with Crippen molar-refractivity contribution in [3.63, 3.8) is 0 Å². The Hall–Kier alpha value is -3.25. The molecule has 2 bridgehead atoms. The molecule has 3 saturated carbocycles. The molecule has 11 nitrogen and oxygen atoms in total. The van der Waals surface area contributed by atoms with E-state index in [-0.39, 0.29) is 12.1 Å². The van der Waals surface area contributed by atoms with Crippen molar-refractivity contribution < 1.29 is 23.4 Å². The van der Waals surface area contributed by atoms with Crippen LogP contribution in [0.25, 0.3) is 5.52 Å². The summed E-state index contributed by atoms with van der Waals surface area (Å²) in [7, 11) is 1.61. The van der Waals surface area contributed by atoms with Gasteiger partial charge in [-0.1, -0.05) is 0 Å². The minimum atomic E-state index is -1.51. The molecule has 4 aliphatic rings. The van der Waals surface area contributed by atoms with Crippen LogP contribution >= 0.6 is 0 Å². The van der Waals surface area contributed by atoms with Crippen LogP contribution < -0.4 is 10.6 Å². The second-order valence-electron chi connectivity index (χ2n) is 9.03. The lowest BCUT2D eigenvalue weighted by atomic mass is 9.50. The largest absolute Gasteiger partial charge is 0.441 e. The van der Waals surface area contributed by atoms with Crippen molar-refractivity contribution in [3.8, 4) is 0 Å². The van der Waals surface area contributed by atoms with E-state index in [1.807, 2.05) is 6.07 Å². The van der Waals surface area contributed by atoms with Gasteiger partial charge in [0.15, 0.2) is 23.9 Å². The number of carbonyl (C=O) groups is 1. The van der Waals surface area contributed by atoms with E-state index in [0.717, 1.165) is 36.4 Å². The second-order valence-corrected chi connectivity index (χ2v) is 9.03. The SMILES string of the molecule is COCc1cc2c(Nc3cc([C@@H]4OC[C@H](OC(=O)NC56CC(C5)C6)[C@@H]4F)[nH]n3)nccn2n1. The van der Waals surface area contributed by atoms with E-state index >= 15 is 4.39 Å². The van der Waals surface area contributed by atoms with Gasteiger partial charge in [0.2, 0.25) is 0 Å². The zero-order valence-corrected chi connectivity index (χ0v) is 18.0. The number of hydrogen-bond donors (Lipinski definition) is 3. The molecule has 0 spiro atoms. The molecule has 3 aromatic heterocycles. The summed E-state index contributed by atoms with van der Waals surface area (Å²) in [5.41, 5.74) is 1.84. The maximum atomic E-state index is 15.0. The first-order valence-electron chi connectivity index (χ1n) is 10.9. The number of amides is 1. The number of halogens is 1. The highest BCUT2D eigenvalue weighted by molar-refractivity contribution is 5.72. The fourth-order valence-corrected chi connectivity index (χ4v) is 4.91. The maximum absolute atomic E-state index is 15.0. The molecule has 0 radical (unpaired) electrons. The van der Waals surface area contributed by atoms with Crippen LogP contribution in [0.2, 0.25) is 0 Å². The molecule has 4 fully saturated rings. The fraction of sp³-hybridized carbons (Fsp3) is 0.524. The molecule has 7 rings (SSSR count). The summed E-state index contributed by atoms with van der Waals surface area (Å²) < 4.78 is 32.7. The smallest absolute Gasteiger partial charge is 0.408 e. The molecular formula is C21H24FN7O4. The fourth-order valence-electron chi connectivity index (χ4n) is 4.91. The lowest BCUT2D eigenvalue weighted by molar-refractivity contribution is -0.0528. The van der Waals surface area contributed by atoms with Crippen LogP contribution in [0.1, 0.15) is 36.8 Å².